The van der Waals surface area contributed by atoms with Gasteiger partial charge in [0.2, 0.25) is 0 Å². The molecule has 0 aromatic carbocycles. The molecule has 6 heteroatoms. The summed E-state index contributed by atoms with van der Waals surface area (Å²) in [6.07, 6.45) is 7.19. The Labute approximate surface area is 156 Å². The molecule has 0 radical (unpaired) electrons. The van der Waals surface area contributed by atoms with Crippen LogP contribution in [-0.4, -0.2) is 30.6 Å². The summed E-state index contributed by atoms with van der Waals surface area (Å²) >= 11 is 1.75. The van der Waals surface area contributed by atoms with Crippen LogP contribution >= 0.6 is 35.3 Å². The summed E-state index contributed by atoms with van der Waals surface area (Å²) in [7, 11) is 1.83. The molecule has 2 N–H and O–H groups in total. The Morgan fingerprint density at radius 3 is 2.73 bits per heavy atom. The Hall–Kier alpha value is -0.370. The highest BCUT2D eigenvalue weighted by Crippen LogP contribution is 2.10. The second-order valence-corrected chi connectivity index (χ2v) is 6.47. The van der Waals surface area contributed by atoms with Gasteiger partial charge in [0.15, 0.2) is 5.96 Å². The lowest BCUT2D eigenvalue weighted by Crippen LogP contribution is -2.42. The average Bonchev–Trinajstić information content (AvgIpc) is 2.88. The third-order valence-electron chi connectivity index (χ3n) is 3.37. The lowest BCUT2D eigenvalue weighted by atomic mass is 10.1. The number of guanidine groups is 1. The predicted molar refractivity (Wildman–Crippen MR) is 109 cm³/mol. The van der Waals surface area contributed by atoms with Gasteiger partial charge in [0.25, 0.3) is 0 Å². The first kappa shape index (κ1) is 21.6. The van der Waals surface area contributed by atoms with Gasteiger partial charge in [-0.1, -0.05) is 26.2 Å². The molecule has 0 spiro atoms. The van der Waals surface area contributed by atoms with Crippen LogP contribution in [-0.2, 0) is 6.42 Å². The number of nitrogens with zero attached hydrogens (tertiary/aromatic N) is 2. The number of aryl methyl sites for hydroxylation is 2. The van der Waals surface area contributed by atoms with Crippen LogP contribution in [0.4, 0.5) is 0 Å². The number of unbranched alkanes of at least 4 members (excludes halogenated alkanes) is 2. The van der Waals surface area contributed by atoms with Crippen LogP contribution in [0.3, 0.4) is 0 Å². The van der Waals surface area contributed by atoms with E-state index in [2.05, 4.69) is 39.8 Å². The third-order valence-corrected chi connectivity index (χ3v) is 4.40. The number of rotatable bonds is 9. The molecule has 0 fully saturated rings. The predicted octanol–water partition coefficient (Wildman–Crippen LogP) is 4.14. The molecule has 0 saturated heterocycles. The average molecular weight is 438 g/mol. The van der Waals surface area contributed by atoms with Crippen molar-refractivity contribution in [2.24, 2.45) is 4.99 Å². The summed E-state index contributed by atoms with van der Waals surface area (Å²) in [6, 6.07) is 0.476. The molecule has 22 heavy (non-hydrogen) atoms. The van der Waals surface area contributed by atoms with E-state index in [-0.39, 0.29) is 24.0 Å². The van der Waals surface area contributed by atoms with Gasteiger partial charge in [-0.25, -0.2) is 4.98 Å². The van der Waals surface area contributed by atoms with E-state index < -0.39 is 0 Å². The van der Waals surface area contributed by atoms with Gasteiger partial charge in [0.05, 0.1) is 5.01 Å². The van der Waals surface area contributed by atoms with Crippen LogP contribution in [0.5, 0.6) is 0 Å². The molecule has 0 amide bonds. The van der Waals surface area contributed by atoms with Crippen molar-refractivity contribution >= 4 is 41.3 Å². The second-order valence-electron chi connectivity index (χ2n) is 5.53. The summed E-state index contributed by atoms with van der Waals surface area (Å²) < 4.78 is 0. The first-order valence-corrected chi connectivity index (χ1v) is 8.91. The number of thiazole rings is 1. The van der Waals surface area contributed by atoms with Crippen molar-refractivity contribution in [3.63, 3.8) is 0 Å². The molecule has 4 nitrogen and oxygen atoms in total. The van der Waals surface area contributed by atoms with Crippen molar-refractivity contribution in [1.29, 1.82) is 0 Å². The summed E-state index contributed by atoms with van der Waals surface area (Å²) in [4.78, 5) is 8.77. The lowest BCUT2D eigenvalue weighted by molar-refractivity contribution is 0.546. The van der Waals surface area contributed by atoms with Crippen LogP contribution < -0.4 is 10.6 Å². The third kappa shape index (κ3) is 9.61. The van der Waals surface area contributed by atoms with Crippen molar-refractivity contribution < 1.29 is 0 Å². The minimum atomic E-state index is 0. The van der Waals surface area contributed by atoms with E-state index in [9.17, 15) is 0 Å². The van der Waals surface area contributed by atoms with Crippen molar-refractivity contribution in [2.75, 3.05) is 13.6 Å². The van der Waals surface area contributed by atoms with Crippen LogP contribution in [0, 0.1) is 6.92 Å². The number of nitrogens with one attached hydrogen (secondary N) is 2. The first-order chi connectivity index (χ1) is 10.2. The quantitative estimate of drug-likeness (QED) is 0.264. The van der Waals surface area contributed by atoms with E-state index in [1.165, 1.54) is 30.7 Å². The van der Waals surface area contributed by atoms with Gasteiger partial charge >= 0.3 is 0 Å². The molecular weight excluding hydrogens is 407 g/mol. The molecule has 1 atom stereocenters. The van der Waals surface area contributed by atoms with Crippen LogP contribution in [0.15, 0.2) is 10.4 Å². The normalized spacial score (nSPS) is 12.6. The zero-order chi connectivity index (χ0) is 15.5. The van der Waals surface area contributed by atoms with E-state index in [0.29, 0.717) is 6.04 Å². The summed E-state index contributed by atoms with van der Waals surface area (Å²) in [6.45, 7) is 7.44. The van der Waals surface area contributed by atoms with Crippen molar-refractivity contribution in [1.82, 2.24) is 15.6 Å². The van der Waals surface area contributed by atoms with Gasteiger partial charge in [-0.15, -0.1) is 35.3 Å². The van der Waals surface area contributed by atoms with Gasteiger partial charge < -0.3 is 10.6 Å². The molecule has 0 aliphatic rings. The first-order valence-electron chi connectivity index (χ1n) is 8.04. The van der Waals surface area contributed by atoms with Gasteiger partial charge in [-0.05, 0) is 26.7 Å². The van der Waals surface area contributed by atoms with Crippen LogP contribution in [0.25, 0.3) is 0 Å². The monoisotopic (exact) mass is 438 g/mol. The molecule has 1 unspecified atom stereocenters. The fourth-order valence-electron chi connectivity index (χ4n) is 2.16. The topological polar surface area (TPSA) is 49.3 Å². The second kappa shape index (κ2) is 13.1. The molecule has 1 aromatic rings. The standard InChI is InChI=1S/C16H30N4S.HI/c1-5-6-7-9-13(2)20-16(17-4)18-11-8-10-15-19-14(3)12-21-15;/h12-13H,5-11H2,1-4H3,(H2,17,18,20);1H. The molecule has 1 aromatic heterocycles. The highest BCUT2D eigenvalue weighted by atomic mass is 127. The highest BCUT2D eigenvalue weighted by Gasteiger charge is 2.05. The Bertz CT molecular complexity index is 420. The summed E-state index contributed by atoms with van der Waals surface area (Å²) in [5, 5.41) is 10.2. The number of hydrogen-bond acceptors (Lipinski definition) is 3. The van der Waals surface area contributed by atoms with E-state index in [1.807, 2.05) is 14.0 Å². The van der Waals surface area contributed by atoms with Crippen LogP contribution in [0.1, 0.15) is 56.7 Å². The number of hydrogen-bond donors (Lipinski definition) is 2. The maximum atomic E-state index is 4.48. The van der Waals surface area contributed by atoms with E-state index in [1.54, 1.807) is 11.3 Å². The molecule has 0 saturated carbocycles. The number of aliphatic imine (C=N–C) groups is 1. The van der Waals surface area contributed by atoms with E-state index >= 15 is 0 Å². The Kier molecular flexibility index (Phi) is 12.9. The van der Waals surface area contributed by atoms with Gasteiger partial charge in [-0.3, -0.25) is 4.99 Å². The molecule has 1 heterocycles. The maximum absolute atomic E-state index is 4.48. The van der Waals surface area contributed by atoms with E-state index in [0.717, 1.165) is 31.0 Å². The minimum absolute atomic E-state index is 0. The van der Waals surface area contributed by atoms with Crippen LogP contribution in [0.2, 0.25) is 0 Å². The van der Waals surface area contributed by atoms with Gasteiger partial charge in [0.1, 0.15) is 0 Å². The molecule has 0 aliphatic carbocycles. The molecule has 0 aliphatic heterocycles. The largest absolute Gasteiger partial charge is 0.356 e. The highest BCUT2D eigenvalue weighted by molar-refractivity contribution is 14.0. The Morgan fingerprint density at radius 1 is 1.36 bits per heavy atom. The minimum Gasteiger partial charge on any atom is -0.356 e. The fraction of sp³-hybridized carbons (Fsp3) is 0.750. The van der Waals surface area contributed by atoms with Crippen molar-refractivity contribution in [3.8, 4) is 0 Å². The van der Waals surface area contributed by atoms with Crippen molar-refractivity contribution in [2.45, 2.75) is 65.3 Å². The number of halogens is 1. The fourth-order valence-corrected chi connectivity index (χ4v) is 2.98. The Morgan fingerprint density at radius 2 is 2.14 bits per heavy atom. The lowest BCUT2D eigenvalue weighted by Gasteiger charge is -2.17. The van der Waals surface area contributed by atoms with Gasteiger partial charge in [-0.2, -0.15) is 0 Å². The molecule has 0 bridgehead atoms. The molecule has 1 rings (SSSR count). The number of aromatic nitrogens is 1. The smallest absolute Gasteiger partial charge is 0.191 e. The Balaban J connectivity index is 0.00000441. The zero-order valence-corrected chi connectivity index (χ0v) is 17.5. The SMILES string of the molecule is CCCCCC(C)NC(=NC)NCCCc1nc(C)cs1.I. The van der Waals surface area contributed by atoms with E-state index in [4.69, 9.17) is 0 Å². The molecular formula is C16H31IN4S. The molecule has 128 valence electrons. The zero-order valence-electron chi connectivity index (χ0n) is 14.3. The maximum Gasteiger partial charge on any atom is 0.191 e. The van der Waals surface area contributed by atoms with Gasteiger partial charge in [0, 0.05) is 37.1 Å². The van der Waals surface area contributed by atoms with Crippen molar-refractivity contribution in [3.05, 3.63) is 16.1 Å². The summed E-state index contributed by atoms with van der Waals surface area (Å²) in [5.74, 6) is 0.911. The summed E-state index contributed by atoms with van der Waals surface area (Å²) in [5.41, 5.74) is 1.13.